The molecular formula is C18H14ClN3O3S. The zero-order valence-corrected chi connectivity index (χ0v) is 15.5. The fraction of sp³-hybridized carbons (Fsp3) is 0.111. The molecule has 0 spiro atoms. The lowest BCUT2D eigenvalue weighted by Gasteiger charge is -2.02. The average molecular weight is 388 g/mol. The van der Waals surface area contributed by atoms with Crippen molar-refractivity contribution in [3.05, 3.63) is 73.1 Å². The van der Waals surface area contributed by atoms with Gasteiger partial charge in [0.15, 0.2) is 5.17 Å². The highest BCUT2D eigenvalue weighted by Gasteiger charge is 2.24. The lowest BCUT2D eigenvalue weighted by Crippen LogP contribution is -2.19. The van der Waals surface area contributed by atoms with Crippen molar-refractivity contribution in [3.63, 3.8) is 0 Å². The number of rotatable bonds is 3. The van der Waals surface area contributed by atoms with Crippen molar-refractivity contribution in [1.82, 2.24) is 5.32 Å². The summed E-state index contributed by atoms with van der Waals surface area (Å²) in [5, 5.41) is 14.8. The molecule has 0 aliphatic carbocycles. The molecule has 2 aromatic carbocycles. The van der Waals surface area contributed by atoms with Crippen LogP contribution in [0.2, 0.25) is 5.02 Å². The van der Waals surface area contributed by atoms with Crippen molar-refractivity contribution in [2.24, 2.45) is 4.99 Å². The Bertz CT molecular complexity index is 986. The maximum atomic E-state index is 12.2. The molecule has 26 heavy (non-hydrogen) atoms. The lowest BCUT2D eigenvalue weighted by molar-refractivity contribution is -0.385. The molecule has 1 N–H and O–H groups in total. The van der Waals surface area contributed by atoms with Gasteiger partial charge >= 0.3 is 0 Å². The Balaban J connectivity index is 1.89. The van der Waals surface area contributed by atoms with Crippen molar-refractivity contribution in [1.29, 1.82) is 0 Å². The van der Waals surface area contributed by atoms with Gasteiger partial charge in [-0.1, -0.05) is 29.8 Å². The van der Waals surface area contributed by atoms with Crippen LogP contribution in [0.5, 0.6) is 0 Å². The quantitative estimate of drug-likeness (QED) is 0.467. The molecule has 0 radical (unpaired) electrons. The van der Waals surface area contributed by atoms with E-state index in [0.29, 0.717) is 31.9 Å². The lowest BCUT2D eigenvalue weighted by atomic mass is 10.1. The Morgan fingerprint density at radius 2 is 2.04 bits per heavy atom. The summed E-state index contributed by atoms with van der Waals surface area (Å²) in [4.78, 5) is 27.7. The van der Waals surface area contributed by atoms with Gasteiger partial charge in [-0.25, -0.2) is 4.99 Å². The summed E-state index contributed by atoms with van der Waals surface area (Å²) in [7, 11) is 0. The van der Waals surface area contributed by atoms with Crippen LogP contribution in [0.3, 0.4) is 0 Å². The van der Waals surface area contributed by atoms with Gasteiger partial charge in [-0.05, 0) is 54.9 Å². The molecule has 132 valence electrons. The molecule has 1 aliphatic rings. The van der Waals surface area contributed by atoms with Crippen molar-refractivity contribution in [2.45, 2.75) is 13.8 Å². The molecule has 0 aromatic heterocycles. The SMILES string of the molecule is Cc1ccc(/C=C2/SC(=Nc3cccc(Cl)c3C)NC2=O)cc1[N+](=O)[O-]. The number of carbonyl (C=O) groups excluding carboxylic acids is 1. The molecule has 1 amide bonds. The summed E-state index contributed by atoms with van der Waals surface area (Å²) in [6.07, 6.45) is 1.61. The van der Waals surface area contributed by atoms with E-state index in [9.17, 15) is 14.9 Å². The molecule has 1 fully saturated rings. The summed E-state index contributed by atoms with van der Waals surface area (Å²) >= 11 is 7.27. The van der Waals surface area contributed by atoms with Gasteiger partial charge in [-0.15, -0.1) is 0 Å². The second kappa shape index (κ2) is 7.31. The maximum absolute atomic E-state index is 12.2. The van der Waals surface area contributed by atoms with E-state index in [1.807, 2.05) is 13.0 Å². The molecule has 1 heterocycles. The third kappa shape index (κ3) is 3.79. The number of nitrogens with one attached hydrogen (secondary N) is 1. The normalized spacial score (nSPS) is 17.0. The number of aliphatic imine (C=N–C) groups is 1. The van der Waals surface area contributed by atoms with Crippen LogP contribution in [0.15, 0.2) is 46.3 Å². The van der Waals surface area contributed by atoms with Crippen molar-refractivity contribution in [3.8, 4) is 0 Å². The number of hydrogen-bond acceptors (Lipinski definition) is 5. The number of nitro benzene ring substituents is 1. The Morgan fingerprint density at radius 1 is 1.27 bits per heavy atom. The zero-order chi connectivity index (χ0) is 18.8. The summed E-state index contributed by atoms with van der Waals surface area (Å²) in [6.45, 7) is 3.52. The molecule has 6 nitrogen and oxygen atoms in total. The summed E-state index contributed by atoms with van der Waals surface area (Å²) in [5.74, 6) is -0.295. The van der Waals surface area contributed by atoms with E-state index in [0.717, 1.165) is 5.56 Å². The van der Waals surface area contributed by atoms with Crippen molar-refractivity contribution >= 4 is 51.9 Å². The Labute approximate surface area is 159 Å². The summed E-state index contributed by atoms with van der Waals surface area (Å²) < 4.78 is 0. The van der Waals surface area contributed by atoms with E-state index in [1.165, 1.54) is 17.8 Å². The van der Waals surface area contributed by atoms with E-state index in [4.69, 9.17) is 11.6 Å². The molecule has 8 heteroatoms. The molecule has 3 rings (SSSR count). The van der Waals surface area contributed by atoms with Gasteiger partial charge in [-0.2, -0.15) is 0 Å². The Hall–Kier alpha value is -2.64. The highest BCUT2D eigenvalue weighted by molar-refractivity contribution is 8.18. The van der Waals surface area contributed by atoms with Gasteiger partial charge in [-0.3, -0.25) is 14.9 Å². The third-order valence-electron chi connectivity index (χ3n) is 3.84. The van der Waals surface area contributed by atoms with E-state index < -0.39 is 4.92 Å². The number of benzene rings is 2. The molecule has 2 aromatic rings. The number of thioether (sulfide) groups is 1. The van der Waals surface area contributed by atoms with Crippen LogP contribution in [0.4, 0.5) is 11.4 Å². The minimum Gasteiger partial charge on any atom is -0.300 e. The molecule has 0 saturated carbocycles. The first-order valence-corrected chi connectivity index (χ1v) is 8.84. The van der Waals surface area contributed by atoms with Gasteiger partial charge in [0.25, 0.3) is 11.6 Å². The number of hydrogen-bond donors (Lipinski definition) is 1. The van der Waals surface area contributed by atoms with Crippen molar-refractivity contribution < 1.29 is 9.72 Å². The molecule has 1 saturated heterocycles. The standard InChI is InChI=1S/C18H14ClN3O3S/c1-10-6-7-12(8-15(10)22(24)25)9-16-17(23)21-18(26-16)20-14-5-3-4-13(19)11(14)2/h3-9H,1-2H3,(H,20,21,23)/b16-9+. The van der Waals surface area contributed by atoms with Crippen LogP contribution in [-0.2, 0) is 4.79 Å². The van der Waals surface area contributed by atoms with Gasteiger partial charge in [0.05, 0.1) is 15.5 Å². The maximum Gasteiger partial charge on any atom is 0.272 e. The second-order valence-electron chi connectivity index (χ2n) is 5.67. The van der Waals surface area contributed by atoms with Gasteiger partial charge < -0.3 is 5.32 Å². The van der Waals surface area contributed by atoms with Gasteiger partial charge in [0, 0.05) is 16.7 Å². The number of amidine groups is 1. The molecular weight excluding hydrogens is 374 g/mol. The van der Waals surface area contributed by atoms with Gasteiger partial charge in [0.1, 0.15) is 0 Å². The number of nitro groups is 1. The first kappa shape index (κ1) is 18.2. The Morgan fingerprint density at radius 3 is 2.77 bits per heavy atom. The molecule has 1 aliphatic heterocycles. The zero-order valence-electron chi connectivity index (χ0n) is 13.9. The van der Waals surface area contributed by atoms with E-state index in [2.05, 4.69) is 10.3 Å². The number of halogens is 1. The first-order chi connectivity index (χ1) is 12.3. The molecule has 0 bridgehead atoms. The van der Waals surface area contributed by atoms with Crippen LogP contribution >= 0.6 is 23.4 Å². The smallest absolute Gasteiger partial charge is 0.272 e. The summed E-state index contributed by atoms with van der Waals surface area (Å²) in [6, 6.07) is 10.2. The minimum atomic E-state index is -0.436. The highest BCUT2D eigenvalue weighted by Crippen LogP contribution is 2.31. The minimum absolute atomic E-state index is 0.0196. The van der Waals surface area contributed by atoms with Crippen LogP contribution in [-0.4, -0.2) is 16.0 Å². The number of carbonyl (C=O) groups is 1. The molecule has 0 unspecified atom stereocenters. The van der Waals surface area contributed by atoms with Gasteiger partial charge in [0.2, 0.25) is 0 Å². The number of amides is 1. The largest absolute Gasteiger partial charge is 0.300 e. The summed E-state index contributed by atoms with van der Waals surface area (Å²) in [5.41, 5.74) is 2.67. The third-order valence-corrected chi connectivity index (χ3v) is 5.16. The topological polar surface area (TPSA) is 84.6 Å². The van der Waals surface area contributed by atoms with E-state index in [1.54, 1.807) is 37.3 Å². The van der Waals surface area contributed by atoms with E-state index in [-0.39, 0.29) is 11.6 Å². The predicted molar refractivity (Wildman–Crippen MR) is 105 cm³/mol. The van der Waals surface area contributed by atoms with Crippen LogP contribution < -0.4 is 5.32 Å². The fourth-order valence-corrected chi connectivity index (χ4v) is 3.38. The number of nitrogens with zero attached hydrogens (tertiary/aromatic N) is 2. The Kier molecular flexibility index (Phi) is 5.11. The molecule has 0 atom stereocenters. The van der Waals surface area contributed by atoms with Crippen LogP contribution in [0.1, 0.15) is 16.7 Å². The van der Waals surface area contributed by atoms with Crippen LogP contribution in [0, 0.1) is 24.0 Å². The predicted octanol–water partition coefficient (Wildman–Crippen LogP) is 4.76. The van der Waals surface area contributed by atoms with Crippen LogP contribution in [0.25, 0.3) is 6.08 Å². The van der Waals surface area contributed by atoms with E-state index >= 15 is 0 Å². The monoisotopic (exact) mass is 387 g/mol. The fourth-order valence-electron chi connectivity index (χ4n) is 2.37. The van der Waals surface area contributed by atoms with Crippen molar-refractivity contribution in [2.75, 3.05) is 0 Å². The first-order valence-electron chi connectivity index (χ1n) is 7.65. The number of aryl methyl sites for hydroxylation is 1. The average Bonchev–Trinajstić information content (AvgIpc) is 2.93. The second-order valence-corrected chi connectivity index (χ2v) is 7.11. The highest BCUT2D eigenvalue weighted by atomic mass is 35.5.